The molecule has 0 aromatic carbocycles. The second-order valence-electron chi connectivity index (χ2n) is 8.30. The first kappa shape index (κ1) is 20.2. The van der Waals surface area contributed by atoms with Crippen LogP contribution in [0.3, 0.4) is 0 Å². The van der Waals surface area contributed by atoms with Crippen LogP contribution in [0.5, 0.6) is 0 Å². The monoisotopic (exact) mass is 426 g/mol. The first-order valence-corrected chi connectivity index (χ1v) is 11.0. The molecule has 2 N–H and O–H groups in total. The number of anilines is 1. The van der Waals surface area contributed by atoms with Crippen molar-refractivity contribution in [2.24, 2.45) is 0 Å². The summed E-state index contributed by atoms with van der Waals surface area (Å²) in [4.78, 5) is 4.47. The Bertz CT molecular complexity index is 1270. The van der Waals surface area contributed by atoms with E-state index in [4.69, 9.17) is 5.10 Å². The van der Waals surface area contributed by atoms with E-state index in [9.17, 15) is 5.26 Å². The topological polar surface area (TPSA) is 95.9 Å². The molecule has 1 atom stereocenters. The highest BCUT2D eigenvalue weighted by Gasteiger charge is 2.21. The van der Waals surface area contributed by atoms with E-state index in [1.807, 2.05) is 30.6 Å². The van der Waals surface area contributed by atoms with Gasteiger partial charge in [-0.3, -0.25) is 9.67 Å². The molecule has 1 aliphatic heterocycles. The number of aromatic nitrogens is 5. The smallest absolute Gasteiger partial charge is 0.107 e. The molecule has 4 aromatic heterocycles. The van der Waals surface area contributed by atoms with Crippen LogP contribution in [0.15, 0.2) is 49.1 Å². The van der Waals surface area contributed by atoms with Gasteiger partial charge in [0, 0.05) is 29.2 Å². The van der Waals surface area contributed by atoms with Crippen molar-refractivity contribution in [1.29, 1.82) is 5.26 Å². The fraction of sp³-hybridized carbons (Fsp3) is 0.333. The van der Waals surface area contributed by atoms with E-state index in [2.05, 4.69) is 51.4 Å². The lowest BCUT2D eigenvalue weighted by Crippen LogP contribution is -2.30. The first-order chi connectivity index (χ1) is 15.7. The molecule has 0 unspecified atom stereocenters. The number of pyridine rings is 2. The molecule has 8 nitrogen and oxygen atoms in total. The molecule has 5 heterocycles. The van der Waals surface area contributed by atoms with E-state index in [1.54, 1.807) is 16.9 Å². The Kier molecular flexibility index (Phi) is 5.33. The van der Waals surface area contributed by atoms with Gasteiger partial charge in [0.2, 0.25) is 0 Å². The fourth-order valence-corrected chi connectivity index (χ4v) is 4.53. The minimum absolute atomic E-state index is 0.0322. The number of rotatable bonds is 5. The lowest BCUT2D eigenvalue weighted by atomic mass is 10.0. The molecule has 162 valence electrons. The summed E-state index contributed by atoms with van der Waals surface area (Å²) in [6, 6.07) is 10.6. The van der Waals surface area contributed by atoms with Gasteiger partial charge in [-0.05, 0) is 58.0 Å². The summed E-state index contributed by atoms with van der Waals surface area (Å²) in [7, 11) is 0. The zero-order valence-corrected chi connectivity index (χ0v) is 18.3. The second-order valence-corrected chi connectivity index (χ2v) is 8.30. The number of nitrogens with one attached hydrogen (secondary N) is 2. The highest BCUT2D eigenvalue weighted by Crippen LogP contribution is 2.33. The summed E-state index contributed by atoms with van der Waals surface area (Å²) in [5, 5.41) is 25.8. The largest absolute Gasteiger partial charge is 0.375 e. The fourth-order valence-electron chi connectivity index (χ4n) is 4.53. The van der Waals surface area contributed by atoms with Crippen LogP contribution in [-0.4, -0.2) is 37.5 Å². The average molecular weight is 427 g/mol. The van der Waals surface area contributed by atoms with Crippen LogP contribution in [0.4, 0.5) is 5.69 Å². The molecule has 0 spiro atoms. The van der Waals surface area contributed by atoms with Crippen molar-refractivity contribution >= 4 is 11.2 Å². The van der Waals surface area contributed by atoms with Crippen LogP contribution in [0.25, 0.3) is 16.6 Å². The summed E-state index contributed by atoms with van der Waals surface area (Å²) in [5.41, 5.74) is 6.32. The predicted octanol–water partition coefficient (Wildman–Crippen LogP) is 3.87. The SMILES string of the molecule is Cc1c(-c2cc(N[C@H](C)c3ccccn3)c3c(C#N)cnn3c2)cnn1C1CCNCC1. The molecule has 1 saturated heterocycles. The summed E-state index contributed by atoms with van der Waals surface area (Å²) >= 11 is 0. The third kappa shape index (κ3) is 3.61. The molecule has 1 aliphatic rings. The molecule has 0 radical (unpaired) electrons. The van der Waals surface area contributed by atoms with Crippen LogP contribution in [-0.2, 0) is 0 Å². The van der Waals surface area contributed by atoms with Crippen molar-refractivity contribution in [3.8, 4) is 17.2 Å². The van der Waals surface area contributed by atoms with E-state index < -0.39 is 0 Å². The number of nitriles is 1. The van der Waals surface area contributed by atoms with E-state index in [0.717, 1.165) is 59.7 Å². The number of fused-ring (bicyclic) bond motifs is 1. The number of hydrogen-bond donors (Lipinski definition) is 2. The number of piperidine rings is 1. The maximum atomic E-state index is 9.62. The van der Waals surface area contributed by atoms with Crippen LogP contribution >= 0.6 is 0 Å². The third-order valence-corrected chi connectivity index (χ3v) is 6.25. The van der Waals surface area contributed by atoms with E-state index >= 15 is 0 Å². The maximum Gasteiger partial charge on any atom is 0.107 e. The predicted molar refractivity (Wildman–Crippen MR) is 123 cm³/mol. The minimum atomic E-state index is -0.0322. The van der Waals surface area contributed by atoms with Crippen molar-refractivity contribution < 1.29 is 0 Å². The van der Waals surface area contributed by atoms with Crippen LogP contribution in [0.1, 0.15) is 48.8 Å². The highest BCUT2D eigenvalue weighted by atomic mass is 15.3. The van der Waals surface area contributed by atoms with Gasteiger partial charge in [-0.1, -0.05) is 6.07 Å². The molecule has 0 saturated carbocycles. The van der Waals surface area contributed by atoms with Crippen molar-refractivity contribution in [3.05, 3.63) is 66.0 Å². The summed E-state index contributed by atoms with van der Waals surface area (Å²) < 4.78 is 3.94. The minimum Gasteiger partial charge on any atom is -0.375 e. The van der Waals surface area contributed by atoms with Gasteiger partial charge in [0.15, 0.2) is 0 Å². The Morgan fingerprint density at radius 3 is 2.81 bits per heavy atom. The van der Waals surface area contributed by atoms with Gasteiger partial charge >= 0.3 is 0 Å². The second kappa shape index (κ2) is 8.44. The van der Waals surface area contributed by atoms with Gasteiger partial charge in [-0.15, -0.1) is 0 Å². The Morgan fingerprint density at radius 2 is 2.06 bits per heavy atom. The summed E-state index contributed by atoms with van der Waals surface area (Å²) in [5.74, 6) is 0. The summed E-state index contributed by atoms with van der Waals surface area (Å²) in [6.07, 6.45) is 9.49. The quantitative estimate of drug-likeness (QED) is 0.503. The van der Waals surface area contributed by atoms with Gasteiger partial charge in [-0.2, -0.15) is 15.5 Å². The molecule has 1 fully saturated rings. The Labute approximate surface area is 186 Å². The molecule has 0 amide bonds. The third-order valence-electron chi connectivity index (χ3n) is 6.25. The number of nitrogens with zero attached hydrogens (tertiary/aromatic N) is 6. The number of hydrogen-bond acceptors (Lipinski definition) is 6. The average Bonchev–Trinajstić information content (AvgIpc) is 3.43. The Morgan fingerprint density at radius 1 is 1.22 bits per heavy atom. The zero-order valence-electron chi connectivity index (χ0n) is 18.3. The van der Waals surface area contributed by atoms with E-state index in [0.29, 0.717) is 11.6 Å². The molecule has 8 heteroatoms. The molecule has 4 aromatic rings. The zero-order chi connectivity index (χ0) is 22.1. The van der Waals surface area contributed by atoms with Crippen molar-refractivity contribution in [2.75, 3.05) is 18.4 Å². The molecule has 0 aliphatic carbocycles. The lowest BCUT2D eigenvalue weighted by Gasteiger charge is -2.24. The normalized spacial score (nSPS) is 15.5. The van der Waals surface area contributed by atoms with Crippen molar-refractivity contribution in [2.45, 2.75) is 38.8 Å². The van der Waals surface area contributed by atoms with Gasteiger partial charge in [-0.25, -0.2) is 4.52 Å². The van der Waals surface area contributed by atoms with Gasteiger partial charge in [0.25, 0.3) is 0 Å². The van der Waals surface area contributed by atoms with Crippen molar-refractivity contribution in [3.63, 3.8) is 0 Å². The first-order valence-electron chi connectivity index (χ1n) is 11.0. The molecule has 0 bridgehead atoms. The van der Waals surface area contributed by atoms with Crippen LogP contribution in [0.2, 0.25) is 0 Å². The van der Waals surface area contributed by atoms with Crippen LogP contribution < -0.4 is 10.6 Å². The standard InChI is InChI=1S/C24H26N8/c1-16(22-5-3-4-8-27-22)30-23-11-18(15-31-24(23)19(12-25)13-28-31)21-14-29-32(17(21)2)20-6-9-26-10-7-20/h3-5,8,11,13-16,20,26,30H,6-7,9-10H2,1-2H3/t16-/m1/s1. The van der Waals surface area contributed by atoms with Gasteiger partial charge in [0.1, 0.15) is 11.6 Å². The molecule has 32 heavy (non-hydrogen) atoms. The molecule has 5 rings (SSSR count). The lowest BCUT2D eigenvalue weighted by molar-refractivity contribution is 0.338. The van der Waals surface area contributed by atoms with Gasteiger partial charge in [0.05, 0.1) is 41.4 Å². The highest BCUT2D eigenvalue weighted by molar-refractivity contribution is 5.83. The van der Waals surface area contributed by atoms with Crippen molar-refractivity contribution in [1.82, 2.24) is 29.7 Å². The Hall–Kier alpha value is -3.70. The van der Waals surface area contributed by atoms with E-state index in [-0.39, 0.29) is 6.04 Å². The van der Waals surface area contributed by atoms with E-state index in [1.165, 1.54) is 0 Å². The van der Waals surface area contributed by atoms with Crippen LogP contribution in [0, 0.1) is 18.3 Å². The maximum absolute atomic E-state index is 9.62. The van der Waals surface area contributed by atoms with Gasteiger partial charge < -0.3 is 10.6 Å². The summed E-state index contributed by atoms with van der Waals surface area (Å²) in [6.45, 7) is 6.24. The Balaban J connectivity index is 1.57. The molecular weight excluding hydrogens is 400 g/mol. The molecular formula is C24H26N8.